The molecule has 4 rings (SSSR count). The molecule has 1 aromatic heterocycles. The summed E-state index contributed by atoms with van der Waals surface area (Å²) in [5.74, 6) is 1.73. The molecule has 0 unspecified atom stereocenters. The molecular weight excluding hydrogens is 364 g/mol. The molecule has 152 valence electrons. The molecule has 1 fully saturated rings. The van der Waals surface area contributed by atoms with E-state index in [-0.39, 0.29) is 6.04 Å². The van der Waals surface area contributed by atoms with E-state index in [4.69, 9.17) is 4.74 Å². The Labute approximate surface area is 171 Å². The van der Waals surface area contributed by atoms with Crippen molar-refractivity contribution in [3.05, 3.63) is 71.0 Å². The van der Waals surface area contributed by atoms with Gasteiger partial charge in [-0.15, -0.1) is 5.10 Å². The second-order valence-electron chi connectivity index (χ2n) is 7.70. The minimum atomic E-state index is 0.0394. The van der Waals surface area contributed by atoms with Crippen molar-refractivity contribution in [1.82, 2.24) is 30.0 Å². The summed E-state index contributed by atoms with van der Waals surface area (Å²) in [6.07, 6.45) is 0. The molecule has 1 saturated heterocycles. The predicted octanol–water partition coefficient (Wildman–Crippen LogP) is 2.38. The Kier molecular flexibility index (Phi) is 5.87. The Bertz CT molecular complexity index is 913. The number of nitrogens with zero attached hydrogens (tertiary/aromatic N) is 6. The quantitative estimate of drug-likeness (QED) is 0.642. The van der Waals surface area contributed by atoms with E-state index < -0.39 is 0 Å². The van der Waals surface area contributed by atoms with Crippen LogP contribution < -0.4 is 4.74 Å². The van der Waals surface area contributed by atoms with Crippen LogP contribution in [0.2, 0.25) is 0 Å². The molecule has 0 aliphatic carbocycles. The first kappa shape index (κ1) is 19.5. The van der Waals surface area contributed by atoms with E-state index in [0.29, 0.717) is 6.54 Å². The zero-order valence-electron chi connectivity index (χ0n) is 17.3. The Morgan fingerprint density at radius 2 is 1.66 bits per heavy atom. The van der Waals surface area contributed by atoms with Crippen LogP contribution in [0.15, 0.2) is 48.5 Å². The monoisotopic (exact) mass is 392 g/mol. The maximum absolute atomic E-state index is 5.26. The van der Waals surface area contributed by atoms with Gasteiger partial charge in [-0.1, -0.05) is 42.0 Å². The molecule has 0 spiro atoms. The van der Waals surface area contributed by atoms with Crippen LogP contribution in [0.25, 0.3) is 0 Å². The molecule has 2 aromatic carbocycles. The van der Waals surface area contributed by atoms with Gasteiger partial charge in [-0.3, -0.25) is 4.90 Å². The molecule has 1 aliphatic heterocycles. The molecule has 29 heavy (non-hydrogen) atoms. The van der Waals surface area contributed by atoms with Gasteiger partial charge < -0.3 is 9.64 Å². The zero-order valence-corrected chi connectivity index (χ0v) is 17.3. The fourth-order valence-electron chi connectivity index (χ4n) is 3.78. The van der Waals surface area contributed by atoms with Crippen molar-refractivity contribution in [2.75, 3.05) is 40.3 Å². The van der Waals surface area contributed by atoms with Crippen LogP contribution >= 0.6 is 0 Å². The number of methoxy groups -OCH3 is 1. The average molecular weight is 393 g/mol. The van der Waals surface area contributed by atoms with E-state index in [9.17, 15) is 0 Å². The molecule has 0 radical (unpaired) electrons. The molecule has 1 atom stereocenters. The van der Waals surface area contributed by atoms with Crippen LogP contribution in [-0.2, 0) is 6.54 Å². The predicted molar refractivity (Wildman–Crippen MR) is 112 cm³/mol. The highest BCUT2D eigenvalue weighted by atomic mass is 16.5. The third-order valence-electron chi connectivity index (χ3n) is 5.59. The summed E-state index contributed by atoms with van der Waals surface area (Å²) in [7, 11) is 3.85. The van der Waals surface area contributed by atoms with Gasteiger partial charge in [0.1, 0.15) is 5.75 Å². The highest BCUT2D eigenvalue weighted by Gasteiger charge is 2.29. The SMILES string of the molecule is COc1ccc(Cn2nnnc2[C@H](c2ccc(C)cc2)N2CCN(C)CC2)cc1. The normalized spacial score (nSPS) is 16.7. The lowest BCUT2D eigenvalue weighted by atomic mass is 10.0. The van der Waals surface area contributed by atoms with Crippen LogP contribution in [0.3, 0.4) is 0 Å². The summed E-state index contributed by atoms with van der Waals surface area (Å²) in [4.78, 5) is 4.85. The molecule has 0 amide bonds. The summed E-state index contributed by atoms with van der Waals surface area (Å²) in [6, 6.07) is 16.8. The average Bonchev–Trinajstić information content (AvgIpc) is 3.19. The fraction of sp³-hybridized carbons (Fsp3) is 0.409. The van der Waals surface area contributed by atoms with Gasteiger partial charge >= 0.3 is 0 Å². The number of hydrogen-bond donors (Lipinski definition) is 0. The number of aryl methyl sites for hydroxylation is 1. The molecule has 7 heteroatoms. The maximum Gasteiger partial charge on any atom is 0.173 e. The van der Waals surface area contributed by atoms with Gasteiger partial charge in [0, 0.05) is 26.2 Å². The summed E-state index contributed by atoms with van der Waals surface area (Å²) < 4.78 is 7.19. The number of ether oxygens (including phenoxy) is 1. The molecule has 2 heterocycles. The van der Waals surface area contributed by atoms with Crippen molar-refractivity contribution in [2.24, 2.45) is 0 Å². The van der Waals surface area contributed by atoms with E-state index in [1.807, 2.05) is 16.8 Å². The van der Waals surface area contributed by atoms with Crippen molar-refractivity contribution >= 4 is 0 Å². The van der Waals surface area contributed by atoms with Crippen molar-refractivity contribution in [3.63, 3.8) is 0 Å². The van der Waals surface area contributed by atoms with Crippen LogP contribution in [-0.4, -0.2) is 70.3 Å². The minimum Gasteiger partial charge on any atom is -0.497 e. The van der Waals surface area contributed by atoms with E-state index in [1.165, 1.54) is 11.1 Å². The smallest absolute Gasteiger partial charge is 0.173 e. The second-order valence-corrected chi connectivity index (χ2v) is 7.70. The van der Waals surface area contributed by atoms with Gasteiger partial charge in [0.2, 0.25) is 0 Å². The first-order valence-corrected chi connectivity index (χ1v) is 10.0. The first-order chi connectivity index (χ1) is 14.1. The van der Waals surface area contributed by atoms with Gasteiger partial charge in [-0.2, -0.15) is 0 Å². The van der Waals surface area contributed by atoms with E-state index >= 15 is 0 Å². The van der Waals surface area contributed by atoms with E-state index in [2.05, 4.69) is 75.7 Å². The summed E-state index contributed by atoms with van der Waals surface area (Å²) in [5.41, 5.74) is 3.62. The van der Waals surface area contributed by atoms with Crippen molar-refractivity contribution < 1.29 is 4.74 Å². The van der Waals surface area contributed by atoms with Crippen LogP contribution in [0, 0.1) is 6.92 Å². The van der Waals surface area contributed by atoms with E-state index in [0.717, 1.165) is 43.3 Å². The number of benzene rings is 2. The molecule has 0 bridgehead atoms. The number of likely N-dealkylation sites (N-methyl/N-ethyl adjacent to an activating group) is 1. The van der Waals surface area contributed by atoms with Crippen molar-refractivity contribution in [1.29, 1.82) is 0 Å². The van der Waals surface area contributed by atoms with Gasteiger partial charge in [-0.05, 0) is 47.7 Å². The number of tetrazole rings is 1. The molecular formula is C22H28N6O. The van der Waals surface area contributed by atoms with Crippen LogP contribution in [0.4, 0.5) is 0 Å². The standard InChI is InChI=1S/C22H28N6O/c1-17-4-8-19(9-5-17)21(27-14-12-26(2)13-15-27)22-23-24-25-28(22)16-18-6-10-20(29-3)11-7-18/h4-11,21H,12-16H2,1-3H3/t21-/m0/s1. The van der Waals surface area contributed by atoms with Gasteiger partial charge in [0.05, 0.1) is 19.7 Å². The summed E-state index contributed by atoms with van der Waals surface area (Å²) >= 11 is 0. The first-order valence-electron chi connectivity index (χ1n) is 10.0. The third kappa shape index (κ3) is 4.46. The largest absolute Gasteiger partial charge is 0.497 e. The summed E-state index contributed by atoms with van der Waals surface area (Å²) in [5, 5.41) is 12.8. The lowest BCUT2D eigenvalue weighted by Gasteiger charge is -2.37. The third-order valence-corrected chi connectivity index (χ3v) is 5.59. The zero-order chi connectivity index (χ0) is 20.2. The second kappa shape index (κ2) is 8.71. The maximum atomic E-state index is 5.26. The summed E-state index contributed by atoms with van der Waals surface area (Å²) in [6.45, 7) is 6.81. The minimum absolute atomic E-state index is 0.0394. The Balaban J connectivity index is 1.65. The Hall–Kier alpha value is -2.77. The van der Waals surface area contributed by atoms with E-state index in [1.54, 1.807) is 7.11 Å². The number of rotatable bonds is 6. The number of hydrogen-bond acceptors (Lipinski definition) is 6. The topological polar surface area (TPSA) is 59.3 Å². The van der Waals surface area contributed by atoms with Crippen molar-refractivity contribution in [3.8, 4) is 5.75 Å². The lowest BCUT2D eigenvalue weighted by Crippen LogP contribution is -2.46. The highest BCUT2D eigenvalue weighted by molar-refractivity contribution is 5.30. The highest BCUT2D eigenvalue weighted by Crippen LogP contribution is 2.28. The molecule has 3 aromatic rings. The molecule has 0 N–H and O–H groups in total. The number of aromatic nitrogens is 4. The molecule has 7 nitrogen and oxygen atoms in total. The van der Waals surface area contributed by atoms with Crippen molar-refractivity contribution in [2.45, 2.75) is 19.5 Å². The Morgan fingerprint density at radius 1 is 0.966 bits per heavy atom. The Morgan fingerprint density at radius 3 is 2.31 bits per heavy atom. The van der Waals surface area contributed by atoms with Gasteiger partial charge in [0.25, 0.3) is 0 Å². The lowest BCUT2D eigenvalue weighted by molar-refractivity contribution is 0.121. The molecule has 0 saturated carbocycles. The molecule has 1 aliphatic rings. The van der Waals surface area contributed by atoms with Gasteiger partial charge in [-0.25, -0.2) is 4.68 Å². The van der Waals surface area contributed by atoms with Gasteiger partial charge in [0.15, 0.2) is 5.82 Å². The fourth-order valence-corrected chi connectivity index (χ4v) is 3.78. The number of piperazine rings is 1. The van der Waals surface area contributed by atoms with Crippen LogP contribution in [0.5, 0.6) is 5.75 Å². The van der Waals surface area contributed by atoms with Crippen LogP contribution in [0.1, 0.15) is 28.6 Å².